The summed E-state index contributed by atoms with van der Waals surface area (Å²) in [4.78, 5) is 0.627. The summed E-state index contributed by atoms with van der Waals surface area (Å²) < 4.78 is 0. The van der Waals surface area contributed by atoms with E-state index < -0.39 is 0 Å². The fraction of sp³-hybridized carbons (Fsp3) is 0.800. The summed E-state index contributed by atoms with van der Waals surface area (Å²) in [7, 11) is 0. The van der Waals surface area contributed by atoms with Gasteiger partial charge < -0.3 is 5.73 Å². The normalized spacial score (nSPS) is 13.4. The zero-order valence-corrected chi connectivity index (χ0v) is 5.59. The molecule has 0 rings (SSSR count). The van der Waals surface area contributed by atoms with Crippen LogP contribution < -0.4 is 5.73 Å². The second-order valence-corrected chi connectivity index (χ2v) is 2.18. The maximum atomic E-state index is 5.28. The Labute approximate surface area is 49.9 Å². The van der Waals surface area contributed by atoms with Crippen molar-refractivity contribution in [2.24, 2.45) is 11.7 Å². The molecule has 0 aromatic rings. The maximum absolute atomic E-state index is 5.28. The summed E-state index contributed by atoms with van der Waals surface area (Å²) in [6.45, 7) is 4.10. The second-order valence-electron chi connectivity index (χ2n) is 1.71. The Kier molecular flexibility index (Phi) is 2.92. The molecule has 0 saturated carbocycles. The van der Waals surface area contributed by atoms with Crippen molar-refractivity contribution in [1.29, 1.82) is 0 Å². The molecule has 1 nitrogen and oxygen atoms in total. The molecular formula is C5H11NS. The fourth-order valence-corrected chi connectivity index (χ4v) is 0.368. The predicted octanol–water partition coefficient (Wildman–Crippen LogP) is 1.32. The van der Waals surface area contributed by atoms with Crippen LogP contribution in [-0.2, 0) is 0 Å². The summed E-state index contributed by atoms with van der Waals surface area (Å²) in [5.41, 5.74) is 5.28. The minimum absolute atomic E-state index is 0.412. The highest BCUT2D eigenvalue weighted by Crippen LogP contribution is 1.98. The Morgan fingerprint density at radius 1 is 1.86 bits per heavy atom. The molecule has 2 N–H and O–H groups in total. The molecule has 0 radical (unpaired) electrons. The lowest BCUT2D eigenvalue weighted by Crippen LogP contribution is -2.16. The van der Waals surface area contributed by atoms with Gasteiger partial charge in [0.05, 0.1) is 4.99 Å². The fourth-order valence-electron chi connectivity index (χ4n) is 0.201. The van der Waals surface area contributed by atoms with Crippen molar-refractivity contribution < 1.29 is 0 Å². The van der Waals surface area contributed by atoms with Gasteiger partial charge in [-0.25, -0.2) is 0 Å². The van der Waals surface area contributed by atoms with Crippen LogP contribution in [-0.4, -0.2) is 4.99 Å². The lowest BCUT2D eigenvalue weighted by Gasteiger charge is -2.01. The molecular weight excluding hydrogens is 106 g/mol. The van der Waals surface area contributed by atoms with Crippen LogP contribution in [0.15, 0.2) is 0 Å². The lowest BCUT2D eigenvalue weighted by atomic mass is 10.1. The molecule has 0 amide bonds. The molecule has 0 aliphatic rings. The van der Waals surface area contributed by atoms with Gasteiger partial charge in [-0.05, 0) is 6.42 Å². The van der Waals surface area contributed by atoms with Gasteiger partial charge in [0.25, 0.3) is 0 Å². The van der Waals surface area contributed by atoms with Gasteiger partial charge in [0, 0.05) is 5.92 Å². The van der Waals surface area contributed by atoms with E-state index in [2.05, 4.69) is 6.92 Å². The first kappa shape index (κ1) is 6.89. The number of thiocarbonyl (C=S) groups is 1. The molecule has 0 saturated heterocycles. The Morgan fingerprint density at radius 2 is 2.29 bits per heavy atom. The van der Waals surface area contributed by atoms with Crippen molar-refractivity contribution in [3.8, 4) is 0 Å². The van der Waals surface area contributed by atoms with E-state index in [-0.39, 0.29) is 0 Å². The average molecular weight is 117 g/mol. The number of hydrogen-bond acceptors (Lipinski definition) is 1. The van der Waals surface area contributed by atoms with Crippen molar-refractivity contribution in [2.75, 3.05) is 0 Å². The summed E-state index contributed by atoms with van der Waals surface area (Å²) in [6, 6.07) is 0. The lowest BCUT2D eigenvalue weighted by molar-refractivity contribution is 0.744. The Morgan fingerprint density at radius 3 is 2.29 bits per heavy atom. The van der Waals surface area contributed by atoms with E-state index in [0.29, 0.717) is 10.9 Å². The summed E-state index contributed by atoms with van der Waals surface area (Å²) in [6.07, 6.45) is 1.05. The van der Waals surface area contributed by atoms with Crippen LogP contribution in [0.5, 0.6) is 0 Å². The minimum atomic E-state index is 0.412. The zero-order chi connectivity index (χ0) is 5.86. The Hall–Kier alpha value is -0.110. The molecule has 0 spiro atoms. The van der Waals surface area contributed by atoms with Crippen LogP contribution in [0.25, 0.3) is 0 Å². The molecule has 0 aromatic heterocycles. The molecule has 2 heteroatoms. The van der Waals surface area contributed by atoms with Crippen LogP contribution in [0.3, 0.4) is 0 Å². The van der Waals surface area contributed by atoms with Gasteiger partial charge in [0.15, 0.2) is 0 Å². The standard InChI is InChI=1S/C5H11NS/c1-3-4(2)5(6)7/h4H,3H2,1-2H3,(H2,6,7)/t4-/m1/s1. The van der Waals surface area contributed by atoms with E-state index in [1.54, 1.807) is 0 Å². The van der Waals surface area contributed by atoms with Crippen molar-refractivity contribution >= 4 is 17.2 Å². The van der Waals surface area contributed by atoms with Gasteiger partial charge in [-0.15, -0.1) is 0 Å². The first-order chi connectivity index (χ1) is 3.18. The van der Waals surface area contributed by atoms with Crippen molar-refractivity contribution in [3.63, 3.8) is 0 Å². The quantitative estimate of drug-likeness (QED) is 0.552. The first-order valence-corrected chi connectivity index (χ1v) is 2.88. The Balaban J connectivity index is 3.34. The van der Waals surface area contributed by atoms with E-state index in [0.717, 1.165) is 6.42 Å². The van der Waals surface area contributed by atoms with Crippen LogP contribution in [0.1, 0.15) is 20.3 Å². The van der Waals surface area contributed by atoms with Crippen molar-refractivity contribution in [2.45, 2.75) is 20.3 Å². The largest absolute Gasteiger partial charge is 0.393 e. The summed E-state index contributed by atoms with van der Waals surface area (Å²) in [5, 5.41) is 0. The molecule has 0 fully saturated rings. The van der Waals surface area contributed by atoms with Gasteiger partial charge in [0.1, 0.15) is 0 Å². The van der Waals surface area contributed by atoms with Crippen LogP contribution >= 0.6 is 12.2 Å². The molecule has 0 heterocycles. The molecule has 0 unspecified atom stereocenters. The molecule has 1 atom stereocenters. The van der Waals surface area contributed by atoms with Crippen LogP contribution in [0.4, 0.5) is 0 Å². The van der Waals surface area contributed by atoms with Crippen LogP contribution in [0, 0.1) is 5.92 Å². The number of rotatable bonds is 2. The highest BCUT2D eigenvalue weighted by molar-refractivity contribution is 7.80. The third kappa shape index (κ3) is 2.57. The minimum Gasteiger partial charge on any atom is -0.393 e. The SMILES string of the molecule is CC[C@@H](C)C(N)=S. The highest BCUT2D eigenvalue weighted by atomic mass is 32.1. The topological polar surface area (TPSA) is 26.0 Å². The molecule has 42 valence electrons. The summed E-state index contributed by atoms with van der Waals surface area (Å²) in [5.74, 6) is 0.412. The summed E-state index contributed by atoms with van der Waals surface area (Å²) >= 11 is 4.70. The predicted molar refractivity (Wildman–Crippen MR) is 36.2 cm³/mol. The average Bonchev–Trinajstić information content (AvgIpc) is 1.65. The van der Waals surface area contributed by atoms with Gasteiger partial charge in [0.2, 0.25) is 0 Å². The third-order valence-corrected chi connectivity index (χ3v) is 1.50. The van der Waals surface area contributed by atoms with Gasteiger partial charge in [-0.3, -0.25) is 0 Å². The smallest absolute Gasteiger partial charge is 0.0755 e. The van der Waals surface area contributed by atoms with E-state index in [1.807, 2.05) is 6.92 Å². The van der Waals surface area contributed by atoms with Crippen molar-refractivity contribution in [3.05, 3.63) is 0 Å². The van der Waals surface area contributed by atoms with Gasteiger partial charge in [-0.2, -0.15) is 0 Å². The van der Waals surface area contributed by atoms with Gasteiger partial charge >= 0.3 is 0 Å². The molecule has 0 aliphatic heterocycles. The molecule has 7 heavy (non-hydrogen) atoms. The van der Waals surface area contributed by atoms with Crippen LogP contribution in [0.2, 0.25) is 0 Å². The van der Waals surface area contributed by atoms with E-state index in [1.165, 1.54) is 0 Å². The Bertz CT molecular complexity index is 70.5. The van der Waals surface area contributed by atoms with E-state index >= 15 is 0 Å². The molecule has 0 bridgehead atoms. The van der Waals surface area contributed by atoms with E-state index in [4.69, 9.17) is 18.0 Å². The molecule has 0 aromatic carbocycles. The second kappa shape index (κ2) is 2.97. The monoisotopic (exact) mass is 117 g/mol. The third-order valence-electron chi connectivity index (χ3n) is 1.10. The van der Waals surface area contributed by atoms with Gasteiger partial charge in [-0.1, -0.05) is 26.1 Å². The molecule has 0 aliphatic carbocycles. The maximum Gasteiger partial charge on any atom is 0.0755 e. The zero-order valence-electron chi connectivity index (χ0n) is 4.77. The highest BCUT2D eigenvalue weighted by Gasteiger charge is 1.97. The van der Waals surface area contributed by atoms with Crippen molar-refractivity contribution in [1.82, 2.24) is 0 Å². The number of hydrogen-bond donors (Lipinski definition) is 1. The van der Waals surface area contributed by atoms with E-state index in [9.17, 15) is 0 Å². The first-order valence-electron chi connectivity index (χ1n) is 2.47. The number of nitrogens with two attached hydrogens (primary N) is 1.